The van der Waals surface area contributed by atoms with Crippen molar-refractivity contribution in [3.8, 4) is 11.5 Å². The molecular weight excluding hydrogens is 330 g/mol. The van der Waals surface area contributed by atoms with Crippen molar-refractivity contribution in [2.45, 2.75) is 45.2 Å². The first-order chi connectivity index (χ1) is 10.3. The fraction of sp³-hybridized carbons (Fsp3) is 0.500. The second-order valence-electron chi connectivity index (χ2n) is 5.65. The molecule has 0 aliphatic heterocycles. The van der Waals surface area contributed by atoms with Gasteiger partial charge in [-0.1, -0.05) is 31.9 Å². The Morgan fingerprint density at radius 2 is 2.14 bits per heavy atom. The predicted molar refractivity (Wildman–Crippen MR) is 85.7 cm³/mol. The van der Waals surface area contributed by atoms with E-state index in [1.165, 1.54) is 19.3 Å². The molecule has 1 aromatic heterocycles. The highest BCUT2D eigenvalue weighted by Gasteiger charge is 2.24. The lowest BCUT2D eigenvalue weighted by Gasteiger charge is -2.14. The largest absolute Gasteiger partial charge is 0.419 e. The van der Waals surface area contributed by atoms with Crippen LogP contribution in [0.1, 0.15) is 38.5 Å². The SMILES string of the molecule is CCC(CC1CC1)NCc1nnc(-c2ccccc2Br)o1. The van der Waals surface area contributed by atoms with Gasteiger partial charge in [-0.15, -0.1) is 10.2 Å². The molecule has 4 nitrogen and oxygen atoms in total. The first kappa shape index (κ1) is 14.7. The minimum atomic E-state index is 0.552. The highest BCUT2D eigenvalue weighted by Crippen LogP contribution is 2.34. The molecule has 2 aromatic rings. The van der Waals surface area contributed by atoms with E-state index in [0.717, 1.165) is 22.4 Å². The van der Waals surface area contributed by atoms with E-state index in [0.29, 0.717) is 24.4 Å². The summed E-state index contributed by atoms with van der Waals surface area (Å²) in [6, 6.07) is 8.43. The van der Waals surface area contributed by atoms with E-state index in [9.17, 15) is 0 Å². The third kappa shape index (κ3) is 3.92. The van der Waals surface area contributed by atoms with Gasteiger partial charge in [0.05, 0.1) is 12.1 Å². The molecular formula is C16H20BrN3O. The number of hydrogen-bond donors (Lipinski definition) is 1. The van der Waals surface area contributed by atoms with E-state index in [1.54, 1.807) is 0 Å². The van der Waals surface area contributed by atoms with E-state index >= 15 is 0 Å². The summed E-state index contributed by atoms with van der Waals surface area (Å²) >= 11 is 3.51. The van der Waals surface area contributed by atoms with E-state index < -0.39 is 0 Å². The topological polar surface area (TPSA) is 51.0 Å². The highest BCUT2D eigenvalue weighted by atomic mass is 79.9. The molecule has 112 valence electrons. The third-order valence-corrected chi connectivity index (χ3v) is 4.61. The Hall–Kier alpha value is -1.20. The van der Waals surface area contributed by atoms with Gasteiger partial charge >= 0.3 is 0 Å². The van der Waals surface area contributed by atoms with Gasteiger partial charge < -0.3 is 9.73 Å². The van der Waals surface area contributed by atoms with Crippen LogP contribution >= 0.6 is 15.9 Å². The molecule has 0 amide bonds. The molecule has 1 N–H and O–H groups in total. The lowest BCUT2D eigenvalue weighted by Crippen LogP contribution is -2.28. The second kappa shape index (κ2) is 6.71. The molecule has 1 saturated carbocycles. The molecule has 0 radical (unpaired) electrons. The van der Waals surface area contributed by atoms with Crippen LogP contribution in [0, 0.1) is 5.92 Å². The average molecular weight is 350 g/mol. The summed E-state index contributed by atoms with van der Waals surface area (Å²) < 4.78 is 6.72. The van der Waals surface area contributed by atoms with Gasteiger partial charge in [-0.25, -0.2) is 0 Å². The summed E-state index contributed by atoms with van der Waals surface area (Å²) in [5.41, 5.74) is 0.932. The van der Waals surface area contributed by atoms with Gasteiger partial charge in [0, 0.05) is 10.5 Å². The summed E-state index contributed by atoms with van der Waals surface area (Å²) in [4.78, 5) is 0. The monoisotopic (exact) mass is 349 g/mol. The molecule has 0 spiro atoms. The number of nitrogens with one attached hydrogen (secondary N) is 1. The van der Waals surface area contributed by atoms with Gasteiger partial charge in [0.2, 0.25) is 11.8 Å². The molecule has 1 fully saturated rings. The molecule has 3 rings (SSSR count). The lowest BCUT2D eigenvalue weighted by atomic mass is 10.1. The number of rotatable bonds is 7. The van der Waals surface area contributed by atoms with Crippen molar-refractivity contribution in [3.05, 3.63) is 34.6 Å². The Morgan fingerprint density at radius 3 is 2.86 bits per heavy atom. The van der Waals surface area contributed by atoms with Crippen LogP contribution in [-0.4, -0.2) is 16.2 Å². The maximum Gasteiger partial charge on any atom is 0.248 e. The number of aromatic nitrogens is 2. The average Bonchev–Trinajstić information content (AvgIpc) is 3.20. The minimum Gasteiger partial charge on any atom is -0.419 e. The van der Waals surface area contributed by atoms with Gasteiger partial charge in [-0.05, 0) is 46.8 Å². The zero-order chi connectivity index (χ0) is 14.7. The number of hydrogen-bond acceptors (Lipinski definition) is 4. The van der Waals surface area contributed by atoms with Crippen molar-refractivity contribution < 1.29 is 4.42 Å². The van der Waals surface area contributed by atoms with E-state index in [1.807, 2.05) is 24.3 Å². The van der Waals surface area contributed by atoms with Gasteiger partial charge in [-0.3, -0.25) is 0 Å². The molecule has 1 aliphatic rings. The molecule has 1 unspecified atom stereocenters. The lowest BCUT2D eigenvalue weighted by molar-refractivity contribution is 0.404. The van der Waals surface area contributed by atoms with Crippen LogP contribution in [0.3, 0.4) is 0 Å². The second-order valence-corrected chi connectivity index (χ2v) is 6.50. The Morgan fingerprint density at radius 1 is 1.33 bits per heavy atom. The van der Waals surface area contributed by atoms with Crippen LogP contribution in [-0.2, 0) is 6.54 Å². The van der Waals surface area contributed by atoms with E-state index in [4.69, 9.17) is 4.42 Å². The molecule has 1 aromatic carbocycles. The van der Waals surface area contributed by atoms with Crippen molar-refractivity contribution in [3.63, 3.8) is 0 Å². The normalized spacial score (nSPS) is 16.1. The number of halogens is 1. The maximum absolute atomic E-state index is 5.75. The van der Waals surface area contributed by atoms with Crippen molar-refractivity contribution in [2.75, 3.05) is 0 Å². The van der Waals surface area contributed by atoms with Crippen molar-refractivity contribution in [1.82, 2.24) is 15.5 Å². The summed E-state index contributed by atoms with van der Waals surface area (Å²) in [7, 11) is 0. The number of benzene rings is 1. The van der Waals surface area contributed by atoms with Gasteiger partial charge in [-0.2, -0.15) is 0 Å². The van der Waals surface area contributed by atoms with Crippen LogP contribution in [0.5, 0.6) is 0 Å². The quantitative estimate of drug-likeness (QED) is 0.814. The fourth-order valence-electron chi connectivity index (χ4n) is 2.45. The zero-order valence-electron chi connectivity index (χ0n) is 12.2. The molecule has 0 saturated heterocycles. The summed E-state index contributed by atoms with van der Waals surface area (Å²) in [5, 5.41) is 11.8. The first-order valence-electron chi connectivity index (χ1n) is 7.57. The molecule has 0 bridgehead atoms. The summed E-state index contributed by atoms with van der Waals surface area (Å²) in [5.74, 6) is 2.14. The Kier molecular flexibility index (Phi) is 4.70. The number of nitrogens with zero attached hydrogens (tertiary/aromatic N) is 2. The standard InChI is InChI=1S/C16H20BrN3O/c1-2-12(9-11-7-8-11)18-10-15-19-20-16(21-15)13-5-3-4-6-14(13)17/h3-6,11-12,18H,2,7-10H2,1H3. The van der Waals surface area contributed by atoms with E-state index in [2.05, 4.69) is 38.4 Å². The van der Waals surface area contributed by atoms with Gasteiger partial charge in [0.1, 0.15) is 0 Å². The van der Waals surface area contributed by atoms with Crippen molar-refractivity contribution >= 4 is 15.9 Å². The van der Waals surface area contributed by atoms with Crippen LogP contribution < -0.4 is 5.32 Å². The first-order valence-corrected chi connectivity index (χ1v) is 8.36. The minimum absolute atomic E-state index is 0.552. The van der Waals surface area contributed by atoms with E-state index in [-0.39, 0.29) is 0 Å². The third-order valence-electron chi connectivity index (χ3n) is 3.92. The predicted octanol–water partition coefficient (Wildman–Crippen LogP) is 4.17. The van der Waals surface area contributed by atoms with Gasteiger partial charge in [0.15, 0.2) is 0 Å². The highest BCUT2D eigenvalue weighted by molar-refractivity contribution is 9.10. The van der Waals surface area contributed by atoms with Crippen LogP contribution in [0.15, 0.2) is 33.2 Å². The Labute approximate surface area is 133 Å². The summed E-state index contributed by atoms with van der Waals surface area (Å²) in [6.45, 7) is 2.86. The Bertz CT molecular complexity index is 595. The summed E-state index contributed by atoms with van der Waals surface area (Å²) in [6.07, 6.45) is 5.19. The fourth-order valence-corrected chi connectivity index (χ4v) is 2.90. The van der Waals surface area contributed by atoms with Crippen LogP contribution in [0.2, 0.25) is 0 Å². The van der Waals surface area contributed by atoms with Crippen molar-refractivity contribution in [1.29, 1.82) is 0 Å². The Balaban J connectivity index is 1.61. The molecule has 5 heteroatoms. The molecule has 1 aliphatic carbocycles. The van der Waals surface area contributed by atoms with Crippen molar-refractivity contribution in [2.24, 2.45) is 5.92 Å². The molecule has 21 heavy (non-hydrogen) atoms. The molecule has 1 heterocycles. The van der Waals surface area contributed by atoms with Gasteiger partial charge in [0.25, 0.3) is 0 Å². The zero-order valence-corrected chi connectivity index (χ0v) is 13.8. The smallest absolute Gasteiger partial charge is 0.248 e. The molecule has 1 atom stereocenters. The maximum atomic E-state index is 5.75. The van der Waals surface area contributed by atoms with Crippen LogP contribution in [0.4, 0.5) is 0 Å². The van der Waals surface area contributed by atoms with Crippen LogP contribution in [0.25, 0.3) is 11.5 Å².